The third kappa shape index (κ3) is 4.50. The Kier molecular flexibility index (Phi) is 6.05. The van der Waals surface area contributed by atoms with Gasteiger partial charge in [-0.2, -0.15) is 5.26 Å². The van der Waals surface area contributed by atoms with Gasteiger partial charge >= 0.3 is 5.97 Å². The highest BCUT2D eigenvalue weighted by atomic mass is 32.1. The number of hydrogen-bond acceptors (Lipinski definition) is 6. The Morgan fingerprint density at radius 1 is 1.17 bits per heavy atom. The Morgan fingerprint density at radius 3 is 2.83 bits per heavy atom. The number of nitrogens with zero attached hydrogens (tertiary/aromatic N) is 2. The molecule has 3 aromatic rings. The van der Waals surface area contributed by atoms with Crippen LogP contribution in [-0.4, -0.2) is 23.5 Å². The fourth-order valence-corrected chi connectivity index (χ4v) is 5.03. The lowest BCUT2D eigenvalue weighted by molar-refractivity contribution is -0.153. The Balaban J connectivity index is 1.39. The Morgan fingerprint density at radius 2 is 2.00 bits per heavy atom. The molecule has 0 radical (unpaired) electrons. The molecule has 2 aromatic carbocycles. The molecule has 152 valence electrons. The number of anilines is 1. The maximum atomic E-state index is 12.8. The maximum absolute atomic E-state index is 12.8. The van der Waals surface area contributed by atoms with Gasteiger partial charge in [-0.1, -0.05) is 31.0 Å². The molecule has 0 bridgehead atoms. The monoisotopic (exact) mass is 419 g/mol. The average molecular weight is 420 g/mol. The van der Waals surface area contributed by atoms with Crippen LogP contribution in [0.4, 0.5) is 5.69 Å². The van der Waals surface area contributed by atoms with E-state index in [1.165, 1.54) is 0 Å². The fraction of sp³-hybridized carbons (Fsp3) is 0.304. The van der Waals surface area contributed by atoms with Crippen molar-refractivity contribution >= 4 is 39.1 Å². The maximum Gasteiger partial charge on any atom is 0.310 e. The summed E-state index contributed by atoms with van der Waals surface area (Å²) in [5.74, 6) is -1.03. The van der Waals surface area contributed by atoms with Gasteiger partial charge < -0.3 is 10.1 Å². The largest absolute Gasteiger partial charge is 0.455 e. The van der Waals surface area contributed by atoms with Gasteiger partial charge in [0.2, 0.25) is 0 Å². The predicted octanol–water partition coefficient (Wildman–Crippen LogP) is 4.62. The molecule has 0 unspecified atom stereocenters. The van der Waals surface area contributed by atoms with Gasteiger partial charge in [-0.25, -0.2) is 4.98 Å². The molecule has 1 saturated carbocycles. The Hall–Kier alpha value is -3.24. The molecule has 0 saturated heterocycles. The smallest absolute Gasteiger partial charge is 0.310 e. The first-order valence-corrected chi connectivity index (χ1v) is 10.8. The van der Waals surface area contributed by atoms with E-state index in [0.29, 0.717) is 11.3 Å². The van der Waals surface area contributed by atoms with Crippen LogP contribution in [0, 0.1) is 17.2 Å². The number of para-hydroxylation sites is 1. The van der Waals surface area contributed by atoms with Gasteiger partial charge in [-0.05, 0) is 43.2 Å². The summed E-state index contributed by atoms with van der Waals surface area (Å²) in [6, 6.07) is 16.6. The quantitative estimate of drug-likeness (QED) is 0.609. The van der Waals surface area contributed by atoms with Crippen molar-refractivity contribution in [2.75, 3.05) is 11.9 Å². The van der Waals surface area contributed by atoms with E-state index >= 15 is 0 Å². The molecule has 1 heterocycles. The van der Waals surface area contributed by atoms with Crippen LogP contribution >= 0.6 is 11.3 Å². The van der Waals surface area contributed by atoms with Crippen LogP contribution in [-0.2, 0) is 14.3 Å². The number of rotatable bonds is 5. The second kappa shape index (κ2) is 9.06. The predicted molar refractivity (Wildman–Crippen MR) is 115 cm³/mol. The topological polar surface area (TPSA) is 92.1 Å². The van der Waals surface area contributed by atoms with Crippen molar-refractivity contribution < 1.29 is 14.3 Å². The van der Waals surface area contributed by atoms with E-state index in [2.05, 4.69) is 5.32 Å². The number of amides is 1. The van der Waals surface area contributed by atoms with Crippen molar-refractivity contribution in [3.8, 4) is 6.07 Å². The molecule has 1 N–H and O–H groups in total. The first-order valence-electron chi connectivity index (χ1n) is 9.96. The summed E-state index contributed by atoms with van der Waals surface area (Å²) in [5, 5.41) is 12.6. The van der Waals surface area contributed by atoms with Gasteiger partial charge in [0.25, 0.3) is 5.91 Å². The Labute approximate surface area is 178 Å². The minimum absolute atomic E-state index is 0.0269. The van der Waals surface area contributed by atoms with E-state index in [4.69, 9.17) is 15.0 Å². The van der Waals surface area contributed by atoms with Crippen molar-refractivity contribution in [1.82, 2.24) is 4.98 Å². The van der Waals surface area contributed by atoms with Gasteiger partial charge in [0.1, 0.15) is 0 Å². The summed E-state index contributed by atoms with van der Waals surface area (Å²) in [5.41, 5.74) is 1.90. The number of thiazole rings is 1. The van der Waals surface area contributed by atoms with Crippen LogP contribution in [0.15, 0.2) is 48.5 Å². The fourth-order valence-electron chi connectivity index (χ4n) is 3.86. The summed E-state index contributed by atoms with van der Waals surface area (Å²) in [7, 11) is 0. The number of nitriles is 1. The zero-order valence-electron chi connectivity index (χ0n) is 16.3. The molecule has 0 spiro atoms. The minimum Gasteiger partial charge on any atom is -0.455 e. The summed E-state index contributed by atoms with van der Waals surface area (Å²) in [6.07, 6.45) is 3.66. The van der Waals surface area contributed by atoms with E-state index < -0.39 is 5.91 Å². The standard InChI is InChI=1S/C23H21N3O3S/c24-13-15-6-5-7-16(12-15)25-21(27)14-29-23(28)18-9-2-1-8-17(18)22-26-19-10-3-4-11-20(19)30-22/h3-7,10-12,17-18H,1-2,8-9,14H2,(H,25,27)/t17-,18+/m0/s1. The molecule has 1 aliphatic rings. The van der Waals surface area contributed by atoms with Crippen molar-refractivity contribution in [2.24, 2.45) is 5.92 Å². The summed E-state index contributed by atoms with van der Waals surface area (Å²) in [4.78, 5) is 29.7. The number of fused-ring (bicyclic) bond motifs is 1. The number of esters is 1. The average Bonchev–Trinajstić information content (AvgIpc) is 3.22. The third-order valence-corrected chi connectivity index (χ3v) is 6.49. The van der Waals surface area contributed by atoms with Crippen LogP contribution in [0.25, 0.3) is 10.2 Å². The molecule has 1 aromatic heterocycles. The van der Waals surface area contributed by atoms with Crippen LogP contribution in [0.1, 0.15) is 42.2 Å². The number of carbonyl (C=O) groups is 2. The third-order valence-electron chi connectivity index (χ3n) is 5.32. The summed E-state index contributed by atoms with van der Waals surface area (Å²) < 4.78 is 6.47. The van der Waals surface area contributed by atoms with E-state index in [9.17, 15) is 9.59 Å². The van der Waals surface area contributed by atoms with Gasteiger partial charge in [-0.15, -0.1) is 11.3 Å². The first-order chi connectivity index (χ1) is 14.6. The normalized spacial score (nSPS) is 18.5. The molecule has 4 rings (SSSR count). The number of benzene rings is 2. The van der Waals surface area contributed by atoms with Crippen LogP contribution in [0.5, 0.6) is 0 Å². The molecule has 1 fully saturated rings. The summed E-state index contributed by atoms with van der Waals surface area (Å²) >= 11 is 1.63. The van der Waals surface area contributed by atoms with Crippen LogP contribution < -0.4 is 5.32 Å². The van der Waals surface area contributed by atoms with Gasteiger partial charge in [0.05, 0.1) is 32.8 Å². The second-order valence-corrected chi connectivity index (χ2v) is 8.43. The molecule has 1 aliphatic carbocycles. The molecule has 2 atom stereocenters. The number of hydrogen-bond donors (Lipinski definition) is 1. The van der Waals surface area contributed by atoms with Crippen molar-refractivity contribution in [3.63, 3.8) is 0 Å². The number of nitrogens with one attached hydrogen (secondary N) is 1. The second-order valence-electron chi connectivity index (χ2n) is 7.37. The van der Waals surface area contributed by atoms with E-state index in [-0.39, 0.29) is 24.4 Å². The van der Waals surface area contributed by atoms with Crippen LogP contribution in [0.3, 0.4) is 0 Å². The first kappa shape index (κ1) is 20.0. The van der Waals surface area contributed by atoms with Crippen molar-refractivity contribution in [1.29, 1.82) is 5.26 Å². The Bertz CT molecular complexity index is 1090. The number of ether oxygens (including phenoxy) is 1. The number of aromatic nitrogens is 1. The highest BCUT2D eigenvalue weighted by molar-refractivity contribution is 7.18. The minimum atomic E-state index is -0.425. The highest BCUT2D eigenvalue weighted by Crippen LogP contribution is 2.41. The number of carbonyl (C=O) groups excluding carboxylic acids is 2. The molecular weight excluding hydrogens is 398 g/mol. The van der Waals surface area contributed by atoms with Crippen LogP contribution in [0.2, 0.25) is 0 Å². The molecule has 30 heavy (non-hydrogen) atoms. The molecule has 0 aliphatic heterocycles. The lowest BCUT2D eigenvalue weighted by Gasteiger charge is -2.28. The molecular formula is C23H21N3O3S. The van der Waals surface area contributed by atoms with Gasteiger partial charge in [0, 0.05) is 11.6 Å². The lowest BCUT2D eigenvalue weighted by atomic mass is 9.79. The zero-order chi connectivity index (χ0) is 20.9. The van der Waals surface area contributed by atoms with Gasteiger partial charge in [0.15, 0.2) is 6.61 Å². The summed E-state index contributed by atoms with van der Waals surface area (Å²) in [6.45, 7) is -0.349. The highest BCUT2D eigenvalue weighted by Gasteiger charge is 2.35. The van der Waals surface area contributed by atoms with Gasteiger partial charge in [-0.3, -0.25) is 9.59 Å². The SMILES string of the molecule is N#Cc1cccc(NC(=O)COC(=O)[C@@H]2CCCC[C@@H]2c2nc3ccccc3s2)c1. The van der Waals surface area contributed by atoms with E-state index in [0.717, 1.165) is 40.9 Å². The zero-order valence-corrected chi connectivity index (χ0v) is 17.2. The molecule has 1 amide bonds. The van der Waals surface area contributed by atoms with Crippen molar-refractivity contribution in [3.05, 3.63) is 59.1 Å². The van der Waals surface area contributed by atoms with E-state index in [1.807, 2.05) is 30.3 Å². The molecule has 7 heteroatoms. The van der Waals surface area contributed by atoms with E-state index in [1.54, 1.807) is 35.6 Å². The molecule has 6 nitrogen and oxygen atoms in total. The van der Waals surface area contributed by atoms with Crippen molar-refractivity contribution in [2.45, 2.75) is 31.6 Å². The lowest BCUT2D eigenvalue weighted by Crippen LogP contribution is -2.30.